The second-order valence-corrected chi connectivity index (χ2v) is 13.2. The van der Waals surface area contributed by atoms with Gasteiger partial charge in [0.15, 0.2) is 5.65 Å². The van der Waals surface area contributed by atoms with Crippen molar-refractivity contribution < 1.29 is 18.4 Å². The number of aromatic nitrogens is 3. The van der Waals surface area contributed by atoms with Gasteiger partial charge in [0.05, 0.1) is 23.6 Å². The van der Waals surface area contributed by atoms with Gasteiger partial charge >= 0.3 is 0 Å². The number of fused-ring (bicyclic) bond motifs is 5. The first-order valence-electron chi connectivity index (χ1n) is 15.9. The molecule has 2 aliphatic rings. The van der Waals surface area contributed by atoms with E-state index in [9.17, 15) is 14.4 Å². The lowest BCUT2D eigenvalue weighted by Gasteiger charge is -2.49. The maximum absolute atomic E-state index is 16.6. The van der Waals surface area contributed by atoms with Crippen LogP contribution in [0.4, 0.5) is 20.2 Å². The Kier molecular flexibility index (Phi) is 8.40. The average molecular weight is 656 g/mol. The summed E-state index contributed by atoms with van der Waals surface area (Å²) in [5, 5.41) is 0.273. The maximum atomic E-state index is 16.6. The Morgan fingerprint density at radius 2 is 1.83 bits per heavy atom. The van der Waals surface area contributed by atoms with Gasteiger partial charge in [-0.3, -0.25) is 23.9 Å². The van der Waals surface area contributed by atoms with Crippen molar-refractivity contribution in [2.24, 2.45) is 0 Å². The highest BCUT2D eigenvalue weighted by Crippen LogP contribution is 2.43. The van der Waals surface area contributed by atoms with Gasteiger partial charge < -0.3 is 19.6 Å². The molecule has 0 saturated carbocycles. The second-order valence-electron chi connectivity index (χ2n) is 13.2. The molecular weight excluding hydrogens is 616 g/mol. The summed E-state index contributed by atoms with van der Waals surface area (Å²) in [6, 6.07) is 6.42. The third-order valence-corrected chi connectivity index (χ3v) is 9.24. The van der Waals surface area contributed by atoms with Gasteiger partial charge in [-0.15, -0.1) is 0 Å². The van der Waals surface area contributed by atoms with E-state index in [1.165, 1.54) is 34.7 Å². The van der Waals surface area contributed by atoms with Crippen molar-refractivity contribution in [2.45, 2.75) is 52.2 Å². The zero-order valence-electron chi connectivity index (χ0n) is 28.2. The molecule has 0 N–H and O–H groups in total. The summed E-state index contributed by atoms with van der Waals surface area (Å²) in [5.41, 5.74) is 2.05. The van der Waals surface area contributed by atoms with E-state index in [1.54, 1.807) is 34.2 Å². The highest BCUT2D eigenvalue weighted by atomic mass is 19.1. The first-order chi connectivity index (χ1) is 22.8. The predicted molar refractivity (Wildman–Crippen MR) is 183 cm³/mol. The van der Waals surface area contributed by atoms with Crippen molar-refractivity contribution in [1.82, 2.24) is 24.3 Å². The molecule has 10 nitrogen and oxygen atoms in total. The molecule has 48 heavy (non-hydrogen) atoms. The van der Waals surface area contributed by atoms with E-state index >= 15 is 8.78 Å². The van der Waals surface area contributed by atoms with Gasteiger partial charge in [0.25, 0.3) is 11.5 Å². The normalized spacial score (nSPS) is 17.7. The van der Waals surface area contributed by atoms with Crippen LogP contribution in [0.25, 0.3) is 28.0 Å². The van der Waals surface area contributed by atoms with Crippen molar-refractivity contribution in [2.75, 3.05) is 44.0 Å². The van der Waals surface area contributed by atoms with Crippen molar-refractivity contribution in [1.29, 1.82) is 0 Å². The molecule has 250 valence electrons. The van der Waals surface area contributed by atoms with Gasteiger partial charge in [0.2, 0.25) is 5.91 Å². The van der Waals surface area contributed by atoms with Crippen molar-refractivity contribution >= 4 is 34.2 Å². The van der Waals surface area contributed by atoms with E-state index in [0.29, 0.717) is 29.2 Å². The Hall–Kier alpha value is -4.97. The summed E-state index contributed by atoms with van der Waals surface area (Å²) in [6.07, 6.45) is 2.87. The lowest BCUT2D eigenvalue weighted by molar-refractivity contribution is -0.130. The molecule has 0 bridgehead atoms. The van der Waals surface area contributed by atoms with Gasteiger partial charge in [-0.05, 0) is 69.3 Å². The number of anilines is 2. The third kappa shape index (κ3) is 5.15. The molecule has 3 aromatic heterocycles. The molecule has 0 unspecified atom stereocenters. The van der Waals surface area contributed by atoms with E-state index in [2.05, 4.69) is 11.6 Å². The number of aryl methyl sites for hydroxylation is 1. The molecule has 0 aliphatic carbocycles. The number of halogens is 2. The highest BCUT2D eigenvalue weighted by molar-refractivity contribution is 6.12. The molecule has 0 spiro atoms. The van der Waals surface area contributed by atoms with Crippen LogP contribution in [-0.4, -0.2) is 82.5 Å². The van der Waals surface area contributed by atoms with Crippen molar-refractivity contribution in [3.05, 3.63) is 88.0 Å². The molecule has 1 fully saturated rings. The minimum Gasteiger partial charge on any atom is -0.354 e. The van der Waals surface area contributed by atoms with Crippen LogP contribution in [0.15, 0.2) is 54.0 Å². The average Bonchev–Trinajstić information content (AvgIpc) is 3.03. The first kappa shape index (κ1) is 33.0. The number of benzene rings is 1. The number of carbonyl (C=O) groups is 2. The summed E-state index contributed by atoms with van der Waals surface area (Å²) >= 11 is 0. The van der Waals surface area contributed by atoms with Crippen LogP contribution in [0.1, 0.15) is 43.5 Å². The molecular formula is C36H39F2N7O3. The van der Waals surface area contributed by atoms with Gasteiger partial charge in [-0.2, -0.15) is 0 Å². The van der Waals surface area contributed by atoms with Gasteiger partial charge in [0.1, 0.15) is 29.1 Å². The Morgan fingerprint density at radius 1 is 1.10 bits per heavy atom. The standard InChI is InChI=1S/C36H39F2N7O3/c1-9-27(46)43-18-26-35(47)42(8)33-32(44(26)16-21(43)5)23-15-25(38)30(28-22(17-41(6)7)11-10-12-24(28)37)40-34(23)45(36(33)48)31-20(4)13-14-39-29(31)19(2)3/h9-15,19,21,26H,1,16-18H2,2-8H3/t21-,26-/m1/s1. The number of likely N-dealkylation sites (N-methyl/N-ethyl adjacent to an activating group) is 1. The van der Waals surface area contributed by atoms with E-state index in [0.717, 1.165) is 5.56 Å². The summed E-state index contributed by atoms with van der Waals surface area (Å²) in [5.74, 6) is -2.23. The van der Waals surface area contributed by atoms with Crippen LogP contribution < -0.4 is 15.4 Å². The molecule has 2 aliphatic heterocycles. The smallest absolute Gasteiger partial charge is 0.283 e. The summed E-state index contributed by atoms with van der Waals surface area (Å²) in [7, 11) is 5.18. The predicted octanol–water partition coefficient (Wildman–Crippen LogP) is 4.79. The van der Waals surface area contributed by atoms with Gasteiger partial charge in [-0.1, -0.05) is 32.6 Å². The topological polar surface area (TPSA) is 94.9 Å². The minimum atomic E-state index is -0.839. The molecule has 1 saturated heterocycles. The molecule has 5 heterocycles. The van der Waals surface area contributed by atoms with Crippen LogP contribution in [-0.2, 0) is 16.1 Å². The van der Waals surface area contributed by atoms with Gasteiger partial charge in [0, 0.05) is 43.3 Å². The van der Waals surface area contributed by atoms with Crippen molar-refractivity contribution in [3.63, 3.8) is 0 Å². The van der Waals surface area contributed by atoms with E-state index in [1.807, 2.05) is 46.7 Å². The number of piperazine rings is 1. The molecule has 6 rings (SSSR count). The quantitative estimate of drug-likeness (QED) is 0.276. The van der Waals surface area contributed by atoms with Gasteiger partial charge in [-0.25, -0.2) is 13.8 Å². The number of nitrogens with zero attached hydrogens (tertiary/aromatic N) is 7. The zero-order chi connectivity index (χ0) is 34.8. The molecule has 2 atom stereocenters. The lowest BCUT2D eigenvalue weighted by Crippen LogP contribution is -2.66. The van der Waals surface area contributed by atoms with Crippen LogP contribution in [0.3, 0.4) is 0 Å². The van der Waals surface area contributed by atoms with E-state index in [-0.39, 0.29) is 64.8 Å². The largest absolute Gasteiger partial charge is 0.354 e. The number of pyridine rings is 3. The van der Waals surface area contributed by atoms with Crippen LogP contribution in [0.5, 0.6) is 0 Å². The Bertz CT molecular complexity index is 2060. The SMILES string of the molecule is C=CC(=O)N1C[C@@H]2C(=O)N(C)c3c(c4cc(F)c(-c5c(F)cccc5CN(C)C)nc4n(-c4c(C)ccnc4C(C)C)c3=O)N2C[C@H]1C. The molecule has 2 amide bonds. The monoisotopic (exact) mass is 655 g/mol. The second kappa shape index (κ2) is 12.2. The highest BCUT2D eigenvalue weighted by Gasteiger charge is 2.46. The summed E-state index contributed by atoms with van der Waals surface area (Å²) < 4.78 is 33.6. The first-order valence-corrected chi connectivity index (χ1v) is 15.9. The molecule has 12 heteroatoms. The number of hydrogen-bond acceptors (Lipinski definition) is 7. The lowest BCUT2D eigenvalue weighted by atomic mass is 9.97. The minimum absolute atomic E-state index is 0.00431. The van der Waals surface area contributed by atoms with E-state index in [4.69, 9.17) is 4.98 Å². The number of amides is 2. The Balaban J connectivity index is 1.75. The molecule has 0 radical (unpaired) electrons. The number of carbonyl (C=O) groups excluding carboxylic acids is 2. The van der Waals surface area contributed by atoms with E-state index < -0.39 is 23.2 Å². The molecule has 1 aromatic carbocycles. The fourth-order valence-electron chi connectivity index (χ4n) is 7.01. The van der Waals surface area contributed by atoms with Crippen LogP contribution in [0.2, 0.25) is 0 Å². The fourth-order valence-corrected chi connectivity index (χ4v) is 7.01. The molecule has 4 aromatic rings. The fraction of sp³-hybridized carbons (Fsp3) is 0.361. The number of rotatable bonds is 6. The van der Waals surface area contributed by atoms with Crippen molar-refractivity contribution in [3.8, 4) is 16.9 Å². The summed E-state index contributed by atoms with van der Waals surface area (Å²) in [4.78, 5) is 57.5. The number of hydrogen-bond donors (Lipinski definition) is 0. The zero-order valence-corrected chi connectivity index (χ0v) is 28.2. The summed E-state index contributed by atoms with van der Waals surface area (Å²) in [6.45, 7) is 11.8. The Labute approximate surface area is 277 Å². The van der Waals surface area contributed by atoms with Crippen LogP contribution in [0, 0.1) is 18.6 Å². The maximum Gasteiger partial charge on any atom is 0.283 e. The third-order valence-electron chi connectivity index (χ3n) is 9.24. The Morgan fingerprint density at radius 3 is 2.50 bits per heavy atom. The van der Waals surface area contributed by atoms with Crippen LogP contribution >= 0.6 is 0 Å².